The standard InChI is InChI=1S/C24H21N5O2/c1-26-22-18(4-3-5-21(22)31-16-7-8-16)23-20(13-28-29(23)2)14-6-9-17-19(10-14)15(11-25)12-27-24(17)30/h3-6,9-10,12-13,16H,7-8,11,25H2,2H3,(H,27,30). The number of hydrogen-bond acceptors (Lipinski definition) is 4. The van der Waals surface area contributed by atoms with Crippen LogP contribution in [0.3, 0.4) is 0 Å². The van der Waals surface area contributed by atoms with Gasteiger partial charge in [-0.05, 0) is 47.6 Å². The highest BCUT2D eigenvalue weighted by atomic mass is 16.5. The Hall–Kier alpha value is -3.89. The fourth-order valence-corrected chi connectivity index (χ4v) is 3.91. The number of benzene rings is 2. The molecule has 1 aliphatic rings. The summed E-state index contributed by atoms with van der Waals surface area (Å²) in [5.74, 6) is 0.609. The highest BCUT2D eigenvalue weighted by Crippen LogP contribution is 2.44. The lowest BCUT2D eigenvalue weighted by Crippen LogP contribution is -2.09. The van der Waals surface area contributed by atoms with E-state index in [4.69, 9.17) is 17.0 Å². The first kappa shape index (κ1) is 19.1. The van der Waals surface area contributed by atoms with E-state index in [0.717, 1.165) is 46.2 Å². The van der Waals surface area contributed by atoms with Crippen LogP contribution in [-0.4, -0.2) is 20.9 Å². The minimum Gasteiger partial charge on any atom is -0.501 e. The Morgan fingerprint density at radius 1 is 1.26 bits per heavy atom. The Labute approximate surface area is 178 Å². The molecule has 0 bridgehead atoms. The number of aromatic nitrogens is 3. The van der Waals surface area contributed by atoms with Crippen LogP contribution in [0, 0.1) is 6.57 Å². The lowest BCUT2D eigenvalue weighted by molar-refractivity contribution is 0.305. The maximum Gasteiger partial charge on any atom is 0.255 e. The first-order valence-electron chi connectivity index (χ1n) is 10.1. The van der Waals surface area contributed by atoms with Gasteiger partial charge in [-0.25, -0.2) is 4.85 Å². The van der Waals surface area contributed by atoms with Crippen LogP contribution < -0.4 is 16.0 Å². The zero-order valence-corrected chi connectivity index (χ0v) is 17.1. The molecule has 2 aromatic carbocycles. The van der Waals surface area contributed by atoms with Crippen molar-refractivity contribution < 1.29 is 4.74 Å². The molecule has 0 atom stereocenters. The molecule has 2 aromatic heterocycles. The van der Waals surface area contributed by atoms with Crippen LogP contribution in [0.15, 0.2) is 53.6 Å². The fourth-order valence-electron chi connectivity index (χ4n) is 3.91. The topological polar surface area (TPSA) is 90.3 Å². The van der Waals surface area contributed by atoms with Crippen LogP contribution >= 0.6 is 0 Å². The van der Waals surface area contributed by atoms with Crippen molar-refractivity contribution in [1.82, 2.24) is 14.8 Å². The SMILES string of the molecule is [C-]#[N+]c1c(OC2CC2)cccc1-c1c(-c2ccc3c(=O)[nH]cc(CN)c3c2)cnn1C. The number of rotatable bonds is 5. The van der Waals surface area contributed by atoms with Crippen LogP contribution in [-0.2, 0) is 13.6 Å². The second-order valence-corrected chi connectivity index (χ2v) is 7.72. The molecule has 0 amide bonds. The zero-order valence-electron chi connectivity index (χ0n) is 17.1. The number of pyridine rings is 1. The second-order valence-electron chi connectivity index (χ2n) is 7.72. The van der Waals surface area contributed by atoms with E-state index in [2.05, 4.69) is 14.9 Å². The van der Waals surface area contributed by atoms with E-state index in [9.17, 15) is 4.79 Å². The maximum atomic E-state index is 12.2. The molecule has 7 nitrogen and oxygen atoms in total. The van der Waals surface area contributed by atoms with Gasteiger partial charge in [0.1, 0.15) is 5.75 Å². The van der Waals surface area contributed by atoms with Crippen LogP contribution in [0.2, 0.25) is 0 Å². The average molecular weight is 411 g/mol. The lowest BCUT2D eigenvalue weighted by Gasteiger charge is -2.13. The van der Waals surface area contributed by atoms with Crippen molar-refractivity contribution in [1.29, 1.82) is 0 Å². The van der Waals surface area contributed by atoms with Gasteiger partial charge in [0.2, 0.25) is 5.69 Å². The van der Waals surface area contributed by atoms with Gasteiger partial charge in [0, 0.05) is 36.3 Å². The maximum absolute atomic E-state index is 12.2. The number of nitrogens with zero attached hydrogens (tertiary/aromatic N) is 3. The summed E-state index contributed by atoms with van der Waals surface area (Å²) >= 11 is 0. The summed E-state index contributed by atoms with van der Waals surface area (Å²) in [6.07, 6.45) is 5.70. The molecule has 1 saturated carbocycles. The summed E-state index contributed by atoms with van der Waals surface area (Å²) in [5.41, 5.74) is 10.5. The third-order valence-corrected chi connectivity index (χ3v) is 5.64. The van der Waals surface area contributed by atoms with E-state index < -0.39 is 0 Å². The third-order valence-electron chi connectivity index (χ3n) is 5.64. The van der Waals surface area contributed by atoms with Crippen LogP contribution in [0.5, 0.6) is 5.75 Å². The zero-order chi connectivity index (χ0) is 21.5. The molecule has 3 N–H and O–H groups in total. The highest BCUT2D eigenvalue weighted by molar-refractivity contribution is 5.94. The van der Waals surface area contributed by atoms with Gasteiger partial charge in [-0.15, -0.1) is 0 Å². The molecule has 7 heteroatoms. The second kappa shape index (κ2) is 7.42. The number of para-hydroxylation sites is 1. The predicted molar refractivity (Wildman–Crippen MR) is 120 cm³/mol. The van der Waals surface area contributed by atoms with Crippen LogP contribution in [0.1, 0.15) is 18.4 Å². The number of nitrogens with one attached hydrogen (secondary N) is 1. The Morgan fingerprint density at radius 2 is 2.10 bits per heavy atom. The van der Waals surface area contributed by atoms with Gasteiger partial charge in [-0.1, -0.05) is 18.2 Å². The van der Waals surface area contributed by atoms with Crippen LogP contribution in [0.4, 0.5) is 5.69 Å². The molecule has 0 saturated heterocycles. The van der Waals surface area contributed by atoms with Gasteiger partial charge in [0.05, 0.1) is 24.6 Å². The lowest BCUT2D eigenvalue weighted by atomic mass is 9.97. The third kappa shape index (κ3) is 3.27. The average Bonchev–Trinajstić information content (AvgIpc) is 3.52. The molecule has 1 fully saturated rings. The van der Waals surface area contributed by atoms with Crippen molar-refractivity contribution in [2.24, 2.45) is 12.8 Å². The van der Waals surface area contributed by atoms with Crippen molar-refractivity contribution in [2.75, 3.05) is 0 Å². The van der Waals surface area contributed by atoms with E-state index in [1.54, 1.807) is 17.1 Å². The molecule has 0 unspecified atom stereocenters. The van der Waals surface area contributed by atoms with Crippen LogP contribution in [0.25, 0.3) is 38.0 Å². The monoisotopic (exact) mass is 411 g/mol. The first-order valence-corrected chi connectivity index (χ1v) is 10.1. The molecule has 1 aliphatic carbocycles. The summed E-state index contributed by atoms with van der Waals surface area (Å²) in [4.78, 5) is 18.8. The van der Waals surface area contributed by atoms with Gasteiger partial charge in [0.25, 0.3) is 5.56 Å². The normalized spacial score (nSPS) is 13.3. The molecule has 0 spiro atoms. The number of nitrogens with two attached hydrogens (primary N) is 1. The van der Waals surface area contributed by atoms with Gasteiger partial charge in [-0.3, -0.25) is 9.48 Å². The molecular weight excluding hydrogens is 390 g/mol. The molecule has 5 rings (SSSR count). The number of ether oxygens (including phenoxy) is 1. The summed E-state index contributed by atoms with van der Waals surface area (Å²) in [5, 5.41) is 5.88. The molecule has 4 aromatic rings. The molecule has 2 heterocycles. The number of H-pyrrole nitrogens is 1. The number of hydrogen-bond donors (Lipinski definition) is 2. The summed E-state index contributed by atoms with van der Waals surface area (Å²) in [6, 6.07) is 11.4. The van der Waals surface area contributed by atoms with E-state index in [1.165, 1.54) is 0 Å². The fraction of sp³-hybridized carbons (Fsp3) is 0.208. The van der Waals surface area contributed by atoms with E-state index in [0.29, 0.717) is 23.4 Å². The number of aryl methyl sites for hydroxylation is 1. The van der Waals surface area contributed by atoms with E-state index >= 15 is 0 Å². The van der Waals surface area contributed by atoms with Gasteiger partial charge in [-0.2, -0.15) is 5.10 Å². The highest BCUT2D eigenvalue weighted by Gasteiger charge is 2.26. The molecule has 0 aliphatic heterocycles. The quantitative estimate of drug-likeness (QED) is 0.483. The Balaban J connectivity index is 1.70. The molecular formula is C24H21N5O2. The van der Waals surface area contributed by atoms with Gasteiger partial charge in [0.15, 0.2) is 0 Å². The van der Waals surface area contributed by atoms with Crippen molar-refractivity contribution in [3.8, 4) is 28.1 Å². The van der Waals surface area contributed by atoms with Crippen molar-refractivity contribution in [2.45, 2.75) is 25.5 Å². The van der Waals surface area contributed by atoms with Gasteiger partial charge < -0.3 is 15.5 Å². The first-order chi connectivity index (χ1) is 15.1. The summed E-state index contributed by atoms with van der Waals surface area (Å²) in [7, 11) is 1.86. The minimum atomic E-state index is -0.148. The van der Waals surface area contributed by atoms with E-state index in [-0.39, 0.29) is 11.7 Å². The summed E-state index contributed by atoms with van der Waals surface area (Å²) < 4.78 is 7.75. The van der Waals surface area contributed by atoms with Crippen molar-refractivity contribution in [3.05, 3.63) is 76.1 Å². The number of fused-ring (bicyclic) bond motifs is 1. The smallest absolute Gasteiger partial charge is 0.255 e. The largest absolute Gasteiger partial charge is 0.501 e. The predicted octanol–water partition coefficient (Wildman–Crippen LogP) is 4.15. The van der Waals surface area contributed by atoms with Crippen molar-refractivity contribution >= 4 is 16.5 Å². The minimum absolute atomic E-state index is 0.148. The van der Waals surface area contributed by atoms with Gasteiger partial charge >= 0.3 is 0 Å². The number of aromatic amines is 1. The van der Waals surface area contributed by atoms with E-state index in [1.807, 2.05) is 43.4 Å². The Bertz CT molecular complexity index is 1410. The van der Waals surface area contributed by atoms with Crippen molar-refractivity contribution in [3.63, 3.8) is 0 Å². The molecule has 31 heavy (non-hydrogen) atoms. The summed E-state index contributed by atoms with van der Waals surface area (Å²) in [6.45, 7) is 8.10. The molecule has 154 valence electrons. The molecule has 0 radical (unpaired) electrons. The Morgan fingerprint density at radius 3 is 2.84 bits per heavy atom. The Kier molecular flexibility index (Phi) is 4.57.